The standard InChI is InChI=1S/C20H25N3O3S/c1-3-4-17-18(14(2)22-26-17)19(24)23-12-20(13-23)9-16(11-27-20)25-10-15-5-7-21-8-6-15/h5-8,16H,3-4,9-13H2,1-2H3/t16-/m0/s1. The Morgan fingerprint density at radius 2 is 2.19 bits per heavy atom. The van der Waals surface area contributed by atoms with E-state index in [1.165, 1.54) is 0 Å². The molecule has 6 nitrogen and oxygen atoms in total. The molecule has 0 bridgehead atoms. The number of aromatic nitrogens is 2. The number of ether oxygens (including phenoxy) is 1. The summed E-state index contributed by atoms with van der Waals surface area (Å²) in [5.74, 6) is 1.77. The fraction of sp³-hybridized carbons (Fsp3) is 0.550. The predicted octanol–water partition coefficient (Wildman–Crippen LogP) is 3.25. The van der Waals surface area contributed by atoms with Crippen molar-refractivity contribution in [3.8, 4) is 0 Å². The van der Waals surface area contributed by atoms with Crippen LogP contribution < -0.4 is 0 Å². The number of thioether (sulfide) groups is 1. The lowest BCUT2D eigenvalue weighted by molar-refractivity contribution is 0.0254. The van der Waals surface area contributed by atoms with E-state index in [0.717, 1.165) is 49.4 Å². The summed E-state index contributed by atoms with van der Waals surface area (Å²) in [5.41, 5.74) is 2.51. The van der Waals surface area contributed by atoms with Crippen LogP contribution in [0, 0.1) is 6.92 Å². The summed E-state index contributed by atoms with van der Waals surface area (Å²) < 4.78 is 11.6. The van der Waals surface area contributed by atoms with Crippen LogP contribution in [0.3, 0.4) is 0 Å². The van der Waals surface area contributed by atoms with Gasteiger partial charge in [-0.3, -0.25) is 9.78 Å². The maximum atomic E-state index is 12.9. The van der Waals surface area contributed by atoms with Crippen LogP contribution in [0.15, 0.2) is 29.0 Å². The fourth-order valence-electron chi connectivity index (χ4n) is 3.86. The molecule has 1 atom stereocenters. The zero-order valence-corrected chi connectivity index (χ0v) is 16.6. The first-order valence-electron chi connectivity index (χ1n) is 9.49. The highest BCUT2D eigenvalue weighted by molar-refractivity contribution is 8.01. The van der Waals surface area contributed by atoms with Gasteiger partial charge in [0.1, 0.15) is 11.3 Å². The molecule has 2 aliphatic rings. The third-order valence-electron chi connectivity index (χ3n) is 5.28. The summed E-state index contributed by atoms with van der Waals surface area (Å²) in [4.78, 5) is 18.9. The van der Waals surface area contributed by atoms with Crippen molar-refractivity contribution in [2.45, 2.75) is 50.6 Å². The molecule has 1 amide bonds. The van der Waals surface area contributed by atoms with E-state index in [1.54, 1.807) is 12.4 Å². The van der Waals surface area contributed by atoms with E-state index >= 15 is 0 Å². The number of rotatable bonds is 6. The Morgan fingerprint density at radius 3 is 2.93 bits per heavy atom. The third kappa shape index (κ3) is 3.75. The quantitative estimate of drug-likeness (QED) is 0.758. The molecule has 4 heterocycles. The molecular formula is C20H25N3O3S. The normalized spacial score (nSPS) is 20.8. The summed E-state index contributed by atoms with van der Waals surface area (Å²) in [6.07, 6.45) is 6.51. The summed E-state index contributed by atoms with van der Waals surface area (Å²) >= 11 is 1.94. The number of carbonyl (C=O) groups excluding carboxylic acids is 1. The molecule has 0 N–H and O–H groups in total. The van der Waals surface area contributed by atoms with Crippen LogP contribution in [0.4, 0.5) is 0 Å². The van der Waals surface area contributed by atoms with Crippen molar-refractivity contribution in [3.63, 3.8) is 0 Å². The van der Waals surface area contributed by atoms with Gasteiger partial charge in [-0.05, 0) is 37.5 Å². The van der Waals surface area contributed by atoms with Gasteiger partial charge in [-0.2, -0.15) is 0 Å². The fourth-order valence-corrected chi connectivity index (χ4v) is 5.41. The second-order valence-corrected chi connectivity index (χ2v) is 8.95. The molecule has 0 saturated carbocycles. The van der Waals surface area contributed by atoms with Gasteiger partial charge in [0.15, 0.2) is 0 Å². The summed E-state index contributed by atoms with van der Waals surface area (Å²) in [7, 11) is 0. The molecule has 144 valence electrons. The van der Waals surface area contributed by atoms with Crippen molar-refractivity contribution >= 4 is 17.7 Å². The number of carbonyl (C=O) groups is 1. The maximum Gasteiger partial charge on any atom is 0.259 e. The Kier molecular flexibility index (Phi) is 5.23. The van der Waals surface area contributed by atoms with Gasteiger partial charge in [0.25, 0.3) is 5.91 Å². The molecule has 0 radical (unpaired) electrons. The van der Waals surface area contributed by atoms with Gasteiger partial charge < -0.3 is 14.2 Å². The molecule has 0 aromatic carbocycles. The number of amides is 1. The van der Waals surface area contributed by atoms with Crippen LogP contribution in [-0.4, -0.2) is 50.6 Å². The minimum Gasteiger partial charge on any atom is -0.373 e. The Hall–Kier alpha value is -1.86. The molecule has 2 fully saturated rings. The number of nitrogens with zero attached hydrogens (tertiary/aromatic N) is 3. The van der Waals surface area contributed by atoms with Crippen LogP contribution in [-0.2, 0) is 17.8 Å². The Bertz CT molecular complexity index is 802. The molecule has 0 aliphatic carbocycles. The van der Waals surface area contributed by atoms with Crippen LogP contribution >= 0.6 is 11.8 Å². The molecule has 2 aromatic rings. The first kappa shape index (κ1) is 18.5. The monoisotopic (exact) mass is 387 g/mol. The smallest absolute Gasteiger partial charge is 0.259 e. The van der Waals surface area contributed by atoms with Gasteiger partial charge in [-0.15, -0.1) is 11.8 Å². The molecule has 2 saturated heterocycles. The maximum absolute atomic E-state index is 12.9. The molecule has 0 unspecified atom stereocenters. The van der Waals surface area contributed by atoms with Crippen molar-refractivity contribution in [1.82, 2.24) is 15.0 Å². The zero-order valence-electron chi connectivity index (χ0n) is 15.8. The first-order chi connectivity index (χ1) is 13.1. The molecule has 2 aliphatic heterocycles. The molecule has 1 spiro atoms. The minimum absolute atomic E-state index is 0.0598. The average molecular weight is 388 g/mol. The Labute approximate surface area is 163 Å². The van der Waals surface area contributed by atoms with Crippen molar-refractivity contribution in [2.75, 3.05) is 18.8 Å². The molecule has 7 heteroatoms. The second kappa shape index (κ2) is 7.64. The van der Waals surface area contributed by atoms with E-state index in [-0.39, 0.29) is 16.8 Å². The van der Waals surface area contributed by atoms with E-state index in [0.29, 0.717) is 17.9 Å². The average Bonchev–Trinajstić information content (AvgIpc) is 3.24. The molecule has 27 heavy (non-hydrogen) atoms. The summed E-state index contributed by atoms with van der Waals surface area (Å²) in [6, 6.07) is 3.97. The topological polar surface area (TPSA) is 68.5 Å². The van der Waals surface area contributed by atoms with Gasteiger partial charge in [-0.25, -0.2) is 0 Å². The minimum atomic E-state index is 0.0598. The number of hydrogen-bond acceptors (Lipinski definition) is 6. The van der Waals surface area contributed by atoms with Crippen molar-refractivity contribution in [1.29, 1.82) is 0 Å². The predicted molar refractivity (Wildman–Crippen MR) is 104 cm³/mol. The molecule has 2 aromatic heterocycles. The lowest BCUT2D eigenvalue weighted by Crippen LogP contribution is -2.60. The van der Waals surface area contributed by atoms with Crippen molar-refractivity contribution < 1.29 is 14.1 Å². The number of hydrogen-bond donors (Lipinski definition) is 0. The first-order valence-corrected chi connectivity index (χ1v) is 10.5. The van der Waals surface area contributed by atoms with E-state index in [1.807, 2.05) is 35.7 Å². The highest BCUT2D eigenvalue weighted by Crippen LogP contribution is 2.46. The van der Waals surface area contributed by atoms with E-state index in [4.69, 9.17) is 9.26 Å². The highest BCUT2D eigenvalue weighted by atomic mass is 32.2. The largest absolute Gasteiger partial charge is 0.373 e. The van der Waals surface area contributed by atoms with E-state index < -0.39 is 0 Å². The molecule has 4 rings (SSSR count). The third-order valence-corrected chi connectivity index (χ3v) is 6.86. The van der Waals surface area contributed by atoms with E-state index in [2.05, 4.69) is 17.1 Å². The highest BCUT2D eigenvalue weighted by Gasteiger charge is 2.51. The second-order valence-electron chi connectivity index (χ2n) is 7.46. The van der Waals surface area contributed by atoms with Gasteiger partial charge in [0, 0.05) is 37.7 Å². The Balaban J connectivity index is 1.31. The zero-order chi connectivity index (χ0) is 18.9. The van der Waals surface area contributed by atoms with Gasteiger partial charge in [0.2, 0.25) is 0 Å². The van der Waals surface area contributed by atoms with E-state index in [9.17, 15) is 4.79 Å². The van der Waals surface area contributed by atoms with Crippen LogP contribution in [0.2, 0.25) is 0 Å². The van der Waals surface area contributed by atoms with Crippen LogP contribution in [0.5, 0.6) is 0 Å². The van der Waals surface area contributed by atoms with Crippen molar-refractivity contribution in [3.05, 3.63) is 47.1 Å². The van der Waals surface area contributed by atoms with Gasteiger partial charge >= 0.3 is 0 Å². The lowest BCUT2D eigenvalue weighted by Gasteiger charge is -2.47. The number of likely N-dealkylation sites (tertiary alicyclic amines) is 1. The van der Waals surface area contributed by atoms with Crippen LogP contribution in [0.25, 0.3) is 0 Å². The number of aryl methyl sites for hydroxylation is 2. The van der Waals surface area contributed by atoms with Crippen LogP contribution in [0.1, 0.15) is 47.1 Å². The SMILES string of the molecule is CCCc1onc(C)c1C(=O)N1CC2(C[C@H](OCc3ccncc3)CS2)C1. The Morgan fingerprint density at radius 1 is 1.41 bits per heavy atom. The lowest BCUT2D eigenvalue weighted by atomic mass is 9.92. The molecular weight excluding hydrogens is 362 g/mol. The summed E-state index contributed by atoms with van der Waals surface area (Å²) in [5, 5.41) is 4.00. The van der Waals surface area contributed by atoms with Crippen molar-refractivity contribution in [2.24, 2.45) is 0 Å². The van der Waals surface area contributed by atoms with Gasteiger partial charge in [0.05, 0.1) is 23.2 Å². The van der Waals surface area contributed by atoms with Gasteiger partial charge in [-0.1, -0.05) is 12.1 Å². The number of pyridine rings is 1. The summed E-state index contributed by atoms with van der Waals surface area (Å²) in [6.45, 7) is 6.10.